The third-order valence-corrected chi connectivity index (χ3v) is 11.4. The quantitative estimate of drug-likeness (QED) is 0.220. The van der Waals surface area contributed by atoms with Gasteiger partial charge in [-0.15, -0.1) is 0 Å². The molecule has 1 N–H and O–H groups in total. The summed E-state index contributed by atoms with van der Waals surface area (Å²) in [5.41, 5.74) is 5.73. The lowest BCUT2D eigenvalue weighted by Gasteiger charge is -2.46. The van der Waals surface area contributed by atoms with Crippen molar-refractivity contribution in [3.63, 3.8) is 0 Å². The van der Waals surface area contributed by atoms with Gasteiger partial charge in [0.05, 0.1) is 16.6 Å². The Hall–Kier alpha value is -3.97. The highest BCUT2D eigenvalue weighted by atomic mass is 16.4. The lowest BCUT2D eigenvalue weighted by molar-refractivity contribution is 0.0607. The maximum atomic E-state index is 13.5. The van der Waals surface area contributed by atoms with E-state index >= 15 is 0 Å². The summed E-state index contributed by atoms with van der Waals surface area (Å²) in [5, 5.41) is 9.45. The SMILES string of the molecule is Cc1nc2ccccc2n1C1CC2CCC(C1)N2CCC1(c2cccc(C(C)C)c2)CCN(C(=O)c2cccc(C(=O)O)c2)CC1. The maximum absolute atomic E-state index is 13.5. The number of carbonyl (C=O) groups excluding carboxylic acids is 1. The Balaban J connectivity index is 1.09. The number of hydrogen-bond acceptors (Lipinski definition) is 4. The van der Waals surface area contributed by atoms with E-state index in [2.05, 4.69) is 78.8 Å². The van der Waals surface area contributed by atoms with Gasteiger partial charge in [-0.25, -0.2) is 9.78 Å². The van der Waals surface area contributed by atoms with Gasteiger partial charge < -0.3 is 14.6 Å². The van der Waals surface area contributed by atoms with Crippen LogP contribution in [0.4, 0.5) is 0 Å². The van der Waals surface area contributed by atoms with Gasteiger partial charge in [0, 0.05) is 36.8 Å². The lowest BCUT2D eigenvalue weighted by atomic mass is 9.69. The number of aromatic nitrogens is 2. The van der Waals surface area contributed by atoms with Gasteiger partial charge in [0.2, 0.25) is 0 Å². The van der Waals surface area contributed by atoms with Crippen LogP contribution >= 0.6 is 0 Å². The van der Waals surface area contributed by atoms with E-state index in [0.29, 0.717) is 42.7 Å². The molecule has 4 heterocycles. The van der Waals surface area contributed by atoms with Crippen molar-refractivity contribution >= 4 is 22.9 Å². The van der Waals surface area contributed by atoms with Crippen LogP contribution in [0.2, 0.25) is 0 Å². The number of fused-ring (bicyclic) bond motifs is 3. The number of likely N-dealkylation sites (tertiary alicyclic amines) is 1. The molecule has 1 amide bonds. The number of aromatic carboxylic acids is 1. The lowest BCUT2D eigenvalue weighted by Crippen LogP contribution is -2.49. The minimum absolute atomic E-state index is 0.00196. The predicted molar refractivity (Wildman–Crippen MR) is 182 cm³/mol. The monoisotopic (exact) mass is 618 g/mol. The highest BCUT2D eigenvalue weighted by Crippen LogP contribution is 2.45. The summed E-state index contributed by atoms with van der Waals surface area (Å²) in [5.74, 6) is 0.496. The van der Waals surface area contributed by atoms with Crippen molar-refractivity contribution in [3.8, 4) is 0 Å². The summed E-state index contributed by atoms with van der Waals surface area (Å²) in [6.45, 7) is 9.08. The number of para-hydroxylation sites is 2. The second-order valence-electron chi connectivity index (χ2n) is 14.3. The normalized spacial score (nSPS) is 22.9. The molecule has 2 unspecified atom stereocenters. The van der Waals surface area contributed by atoms with Gasteiger partial charge in [0.1, 0.15) is 5.82 Å². The van der Waals surface area contributed by atoms with Crippen LogP contribution in [0.15, 0.2) is 72.8 Å². The van der Waals surface area contributed by atoms with Crippen molar-refractivity contribution in [2.45, 2.75) is 95.2 Å². The molecule has 2 atom stereocenters. The summed E-state index contributed by atoms with van der Waals surface area (Å²) in [7, 11) is 0. The second kappa shape index (κ2) is 12.3. The van der Waals surface area contributed by atoms with Crippen LogP contribution in [-0.2, 0) is 5.41 Å². The number of rotatable bonds is 8. The van der Waals surface area contributed by atoms with Gasteiger partial charge in [-0.3, -0.25) is 9.69 Å². The first-order valence-corrected chi connectivity index (χ1v) is 17.1. The topological polar surface area (TPSA) is 78.7 Å². The fraction of sp³-hybridized carbons (Fsp3) is 0.462. The Kier molecular flexibility index (Phi) is 8.22. The van der Waals surface area contributed by atoms with E-state index in [9.17, 15) is 14.7 Å². The molecular formula is C39H46N4O3. The van der Waals surface area contributed by atoms with E-state index in [-0.39, 0.29) is 16.9 Å². The first-order chi connectivity index (χ1) is 22.2. The first-order valence-electron chi connectivity index (χ1n) is 17.1. The molecule has 4 aromatic rings. The zero-order valence-corrected chi connectivity index (χ0v) is 27.4. The number of hydrogen-bond donors (Lipinski definition) is 1. The Labute approximate surface area is 272 Å². The molecule has 0 aliphatic carbocycles. The van der Waals surface area contributed by atoms with Crippen LogP contribution in [0, 0.1) is 6.92 Å². The highest BCUT2D eigenvalue weighted by Gasteiger charge is 2.44. The van der Waals surface area contributed by atoms with E-state index in [0.717, 1.165) is 37.1 Å². The number of benzene rings is 3. The number of nitrogens with zero attached hydrogens (tertiary/aromatic N) is 4. The first kappa shape index (κ1) is 30.7. The summed E-state index contributed by atoms with van der Waals surface area (Å²) in [6, 6.07) is 25.9. The van der Waals surface area contributed by atoms with Crippen LogP contribution in [0.5, 0.6) is 0 Å². The van der Waals surface area contributed by atoms with Crippen LogP contribution in [0.1, 0.15) is 108 Å². The summed E-state index contributed by atoms with van der Waals surface area (Å²) in [4.78, 5) is 34.7. The number of piperidine rings is 2. The standard InChI is InChI=1S/C39H46N4O3/c1-26(2)28-8-7-11-31(23-28)39(16-19-41(20-17-39)37(44)29-9-6-10-30(22-29)38(45)46)18-21-42-32-14-15-33(42)25-34(24-32)43-27(3)40-35-12-4-5-13-36(35)43/h4-13,22-23,26,32-34H,14-21,24-25H2,1-3H3,(H,45,46). The third-order valence-electron chi connectivity index (χ3n) is 11.4. The molecule has 1 aromatic heterocycles. The molecule has 7 rings (SSSR count). The summed E-state index contributed by atoms with van der Waals surface area (Å²) in [6.07, 6.45) is 7.77. The molecule has 3 aromatic carbocycles. The number of carbonyl (C=O) groups is 2. The summed E-state index contributed by atoms with van der Waals surface area (Å²) < 4.78 is 2.51. The largest absolute Gasteiger partial charge is 0.478 e. The van der Waals surface area contributed by atoms with E-state index in [4.69, 9.17) is 4.98 Å². The van der Waals surface area contributed by atoms with E-state index in [1.165, 1.54) is 54.5 Å². The van der Waals surface area contributed by atoms with Gasteiger partial charge in [0.15, 0.2) is 0 Å². The highest BCUT2D eigenvalue weighted by molar-refractivity contribution is 5.97. The molecule has 2 bridgehead atoms. The van der Waals surface area contributed by atoms with Gasteiger partial charge in [-0.05, 0) is 111 Å². The Bertz CT molecular complexity index is 1740. The van der Waals surface area contributed by atoms with Crippen molar-refractivity contribution in [1.82, 2.24) is 19.4 Å². The molecule has 240 valence electrons. The number of aryl methyl sites for hydroxylation is 1. The smallest absolute Gasteiger partial charge is 0.335 e. The third kappa shape index (κ3) is 5.63. The fourth-order valence-corrected chi connectivity index (χ4v) is 8.81. The average molecular weight is 619 g/mol. The second-order valence-corrected chi connectivity index (χ2v) is 14.3. The minimum atomic E-state index is -1.01. The fourth-order valence-electron chi connectivity index (χ4n) is 8.81. The van der Waals surface area contributed by atoms with Crippen LogP contribution < -0.4 is 0 Å². The molecule has 7 heteroatoms. The minimum Gasteiger partial charge on any atom is -0.478 e. The van der Waals surface area contributed by atoms with E-state index < -0.39 is 5.97 Å². The molecule has 3 saturated heterocycles. The molecule has 7 nitrogen and oxygen atoms in total. The Morgan fingerprint density at radius 3 is 2.30 bits per heavy atom. The van der Waals surface area contributed by atoms with Gasteiger partial charge in [-0.2, -0.15) is 0 Å². The molecule has 0 spiro atoms. The van der Waals surface area contributed by atoms with Crippen LogP contribution in [0.25, 0.3) is 11.0 Å². The van der Waals surface area contributed by atoms with Crippen molar-refractivity contribution in [2.24, 2.45) is 0 Å². The Morgan fingerprint density at radius 1 is 0.891 bits per heavy atom. The van der Waals surface area contributed by atoms with E-state index in [1.807, 2.05) is 4.90 Å². The number of imidazole rings is 1. The molecule has 0 radical (unpaired) electrons. The molecular weight excluding hydrogens is 572 g/mol. The van der Waals surface area contributed by atoms with Crippen molar-refractivity contribution in [3.05, 3.63) is 101 Å². The number of amides is 1. The van der Waals surface area contributed by atoms with Crippen LogP contribution in [0.3, 0.4) is 0 Å². The van der Waals surface area contributed by atoms with Crippen molar-refractivity contribution in [2.75, 3.05) is 19.6 Å². The molecule has 3 aliphatic heterocycles. The summed E-state index contributed by atoms with van der Waals surface area (Å²) >= 11 is 0. The molecule has 0 saturated carbocycles. The van der Waals surface area contributed by atoms with E-state index in [1.54, 1.807) is 12.1 Å². The number of carboxylic acid groups (broad SMARTS) is 1. The van der Waals surface area contributed by atoms with Gasteiger partial charge in [0.25, 0.3) is 5.91 Å². The zero-order valence-electron chi connectivity index (χ0n) is 27.4. The molecule has 46 heavy (non-hydrogen) atoms. The number of carboxylic acids is 1. The molecule has 3 aliphatic rings. The van der Waals surface area contributed by atoms with Crippen molar-refractivity contribution < 1.29 is 14.7 Å². The predicted octanol–water partition coefficient (Wildman–Crippen LogP) is 7.60. The van der Waals surface area contributed by atoms with Crippen molar-refractivity contribution in [1.29, 1.82) is 0 Å². The molecule has 3 fully saturated rings. The average Bonchev–Trinajstić information content (AvgIpc) is 3.53. The van der Waals surface area contributed by atoms with Gasteiger partial charge >= 0.3 is 5.97 Å². The zero-order chi connectivity index (χ0) is 32.0. The maximum Gasteiger partial charge on any atom is 0.335 e. The van der Waals surface area contributed by atoms with Gasteiger partial charge in [-0.1, -0.05) is 56.3 Å². The van der Waals surface area contributed by atoms with Crippen LogP contribution in [-0.4, -0.2) is 68.1 Å². The Morgan fingerprint density at radius 2 is 1.59 bits per heavy atom.